The van der Waals surface area contributed by atoms with Crippen molar-refractivity contribution in [2.24, 2.45) is 5.41 Å². The second-order valence-electron chi connectivity index (χ2n) is 4.10. The van der Waals surface area contributed by atoms with Crippen LogP contribution in [-0.2, 0) is 0 Å². The van der Waals surface area contributed by atoms with Crippen LogP contribution in [0.5, 0.6) is 0 Å². The van der Waals surface area contributed by atoms with Gasteiger partial charge in [-0.15, -0.1) is 23.4 Å². The fraction of sp³-hybridized carbons (Fsp3) is 0.600. The summed E-state index contributed by atoms with van der Waals surface area (Å²) in [5.41, 5.74) is 0.0754. The molecule has 0 amide bonds. The molecule has 0 aliphatic rings. The first kappa shape index (κ1) is 12.6. The highest BCUT2D eigenvalue weighted by Gasteiger charge is 2.15. The van der Waals surface area contributed by atoms with Crippen LogP contribution < -0.4 is 5.32 Å². The Labute approximate surface area is 100 Å². The molecule has 0 saturated heterocycles. The third-order valence-corrected chi connectivity index (χ3v) is 3.33. The lowest BCUT2D eigenvalue weighted by atomic mass is 9.97. The van der Waals surface area contributed by atoms with Gasteiger partial charge in [-0.2, -0.15) is 0 Å². The molecule has 0 radical (unpaired) electrons. The van der Waals surface area contributed by atoms with Gasteiger partial charge in [0.05, 0.1) is 0 Å². The van der Waals surface area contributed by atoms with Gasteiger partial charge in [0.25, 0.3) is 0 Å². The van der Waals surface area contributed by atoms with E-state index in [1.807, 2.05) is 12.3 Å². The van der Waals surface area contributed by atoms with Crippen LogP contribution in [0.4, 0.5) is 5.82 Å². The van der Waals surface area contributed by atoms with E-state index in [0.29, 0.717) is 5.88 Å². The number of hydrogen-bond acceptors (Lipinski definition) is 4. The van der Waals surface area contributed by atoms with Crippen molar-refractivity contribution >= 4 is 29.2 Å². The third-order valence-electron chi connectivity index (χ3n) is 1.96. The molecule has 0 aliphatic carbocycles. The fourth-order valence-electron chi connectivity index (χ4n) is 0.925. The number of hydrogen-bond donors (Lipinski definition) is 1. The zero-order valence-corrected chi connectivity index (χ0v) is 10.8. The summed E-state index contributed by atoms with van der Waals surface area (Å²) in [6.07, 6.45) is 3.57. The first-order chi connectivity index (χ1) is 7.07. The van der Waals surface area contributed by atoms with Crippen LogP contribution in [0.25, 0.3) is 0 Å². The van der Waals surface area contributed by atoms with Gasteiger partial charge in [-0.1, -0.05) is 13.8 Å². The van der Waals surface area contributed by atoms with E-state index in [1.165, 1.54) is 0 Å². The second kappa shape index (κ2) is 5.56. The molecular weight excluding hydrogens is 230 g/mol. The number of nitrogens with one attached hydrogen (secondary N) is 1. The number of alkyl halides is 1. The molecule has 84 valence electrons. The minimum atomic E-state index is 0.0754. The van der Waals surface area contributed by atoms with Gasteiger partial charge in [0.15, 0.2) is 0 Å². The van der Waals surface area contributed by atoms with Crippen LogP contribution in [0.1, 0.15) is 13.8 Å². The lowest BCUT2D eigenvalue weighted by Gasteiger charge is -2.21. The molecule has 15 heavy (non-hydrogen) atoms. The van der Waals surface area contributed by atoms with Gasteiger partial charge < -0.3 is 5.32 Å². The Hall–Kier alpha value is -0.480. The Kier molecular flexibility index (Phi) is 4.67. The van der Waals surface area contributed by atoms with E-state index in [-0.39, 0.29) is 5.41 Å². The molecule has 1 rings (SSSR count). The highest BCUT2D eigenvalue weighted by Crippen LogP contribution is 2.19. The Morgan fingerprint density at radius 3 is 2.80 bits per heavy atom. The Balaban J connectivity index is 2.57. The topological polar surface area (TPSA) is 37.8 Å². The van der Waals surface area contributed by atoms with E-state index < -0.39 is 0 Å². The second-order valence-corrected chi connectivity index (χ2v) is 5.19. The van der Waals surface area contributed by atoms with E-state index in [0.717, 1.165) is 17.4 Å². The van der Waals surface area contributed by atoms with Crippen molar-refractivity contribution in [3.8, 4) is 0 Å². The van der Waals surface area contributed by atoms with Gasteiger partial charge in [-0.3, -0.25) is 0 Å². The van der Waals surface area contributed by atoms with Crippen LogP contribution in [0.3, 0.4) is 0 Å². The molecule has 3 nitrogen and oxygen atoms in total. The highest BCUT2D eigenvalue weighted by atomic mass is 35.5. The standard InChI is InChI=1S/C10H16ClN3S/c1-10(2,5-11)6-12-8-4-9(15-3)14-7-13-8/h4,7H,5-6H2,1-3H3,(H,12,13,14). The van der Waals surface area contributed by atoms with E-state index >= 15 is 0 Å². The average Bonchev–Trinajstić information content (AvgIpc) is 2.27. The number of halogens is 1. The molecule has 0 bridgehead atoms. The van der Waals surface area contributed by atoms with E-state index in [9.17, 15) is 0 Å². The quantitative estimate of drug-likeness (QED) is 0.492. The van der Waals surface area contributed by atoms with E-state index in [1.54, 1.807) is 18.1 Å². The summed E-state index contributed by atoms with van der Waals surface area (Å²) in [6.45, 7) is 5.04. The SMILES string of the molecule is CSc1cc(NCC(C)(C)CCl)ncn1. The lowest BCUT2D eigenvalue weighted by Crippen LogP contribution is -2.25. The van der Waals surface area contributed by atoms with Crippen LogP contribution >= 0.6 is 23.4 Å². The van der Waals surface area contributed by atoms with Crippen molar-refractivity contribution in [2.45, 2.75) is 18.9 Å². The van der Waals surface area contributed by atoms with Crippen molar-refractivity contribution in [1.82, 2.24) is 9.97 Å². The van der Waals surface area contributed by atoms with Crippen molar-refractivity contribution in [3.05, 3.63) is 12.4 Å². The number of thioether (sulfide) groups is 1. The summed E-state index contributed by atoms with van der Waals surface area (Å²) < 4.78 is 0. The molecule has 0 saturated carbocycles. The Morgan fingerprint density at radius 1 is 1.47 bits per heavy atom. The van der Waals surface area contributed by atoms with Gasteiger partial charge >= 0.3 is 0 Å². The van der Waals surface area contributed by atoms with Crippen LogP contribution in [0, 0.1) is 5.41 Å². The maximum Gasteiger partial charge on any atom is 0.130 e. The maximum atomic E-state index is 5.84. The summed E-state index contributed by atoms with van der Waals surface area (Å²) in [5.74, 6) is 1.48. The van der Waals surface area contributed by atoms with Crippen LogP contribution in [0.2, 0.25) is 0 Å². The minimum absolute atomic E-state index is 0.0754. The molecule has 1 N–H and O–H groups in total. The van der Waals surface area contributed by atoms with Crippen LogP contribution in [-0.4, -0.2) is 28.6 Å². The molecule has 5 heteroatoms. The van der Waals surface area contributed by atoms with Crippen molar-refractivity contribution in [2.75, 3.05) is 24.0 Å². The van der Waals surface area contributed by atoms with Crippen LogP contribution in [0.15, 0.2) is 17.4 Å². The predicted molar refractivity (Wildman–Crippen MR) is 66.8 cm³/mol. The smallest absolute Gasteiger partial charge is 0.130 e. The molecule has 0 aliphatic heterocycles. The molecule has 1 aromatic heterocycles. The average molecular weight is 246 g/mol. The molecule has 0 spiro atoms. The summed E-state index contributed by atoms with van der Waals surface area (Å²) >= 11 is 7.45. The van der Waals surface area contributed by atoms with Gasteiger partial charge in [0.1, 0.15) is 17.2 Å². The largest absolute Gasteiger partial charge is 0.369 e. The van der Waals surface area contributed by atoms with Gasteiger partial charge in [-0.05, 0) is 11.7 Å². The highest BCUT2D eigenvalue weighted by molar-refractivity contribution is 7.98. The zero-order chi connectivity index (χ0) is 11.3. The minimum Gasteiger partial charge on any atom is -0.369 e. The number of aromatic nitrogens is 2. The van der Waals surface area contributed by atoms with Gasteiger partial charge in [0, 0.05) is 18.5 Å². The third kappa shape index (κ3) is 4.26. The molecule has 0 fully saturated rings. The summed E-state index contributed by atoms with van der Waals surface area (Å²) in [7, 11) is 0. The molecule has 0 atom stereocenters. The van der Waals surface area contributed by atoms with Crippen molar-refractivity contribution in [1.29, 1.82) is 0 Å². The summed E-state index contributed by atoms with van der Waals surface area (Å²) in [6, 6.07) is 1.94. The molecule has 1 aromatic rings. The van der Waals surface area contributed by atoms with Crippen molar-refractivity contribution in [3.63, 3.8) is 0 Å². The first-order valence-corrected chi connectivity index (χ1v) is 6.49. The van der Waals surface area contributed by atoms with Gasteiger partial charge in [0.2, 0.25) is 0 Å². The predicted octanol–water partition coefficient (Wildman–Crippen LogP) is 2.88. The summed E-state index contributed by atoms with van der Waals surface area (Å²) in [5, 5.41) is 4.23. The Bertz CT molecular complexity index is 317. The molecule has 0 unspecified atom stereocenters. The van der Waals surface area contributed by atoms with E-state index in [4.69, 9.17) is 11.6 Å². The fourth-order valence-corrected chi connectivity index (χ4v) is 1.40. The Morgan fingerprint density at radius 2 is 2.20 bits per heavy atom. The molecular formula is C10H16ClN3S. The molecule has 0 aromatic carbocycles. The normalized spacial score (nSPS) is 11.5. The number of anilines is 1. The molecule has 1 heterocycles. The zero-order valence-electron chi connectivity index (χ0n) is 9.25. The maximum absolute atomic E-state index is 5.84. The van der Waals surface area contributed by atoms with Crippen molar-refractivity contribution < 1.29 is 0 Å². The van der Waals surface area contributed by atoms with Gasteiger partial charge in [-0.25, -0.2) is 9.97 Å². The number of nitrogens with zero attached hydrogens (tertiary/aromatic N) is 2. The monoisotopic (exact) mass is 245 g/mol. The lowest BCUT2D eigenvalue weighted by molar-refractivity contribution is 0.449. The first-order valence-electron chi connectivity index (χ1n) is 4.73. The van der Waals surface area contributed by atoms with E-state index in [2.05, 4.69) is 29.1 Å². The number of rotatable bonds is 5. The summed E-state index contributed by atoms with van der Waals surface area (Å²) in [4.78, 5) is 8.25.